The molecule has 2 atom stereocenters. The molecule has 0 saturated carbocycles. The van der Waals surface area contributed by atoms with Gasteiger partial charge in [0.05, 0.1) is 6.10 Å². The molecule has 1 aliphatic heterocycles. The third kappa shape index (κ3) is 5.45. The minimum absolute atomic E-state index is 0.252. The van der Waals surface area contributed by atoms with Crippen molar-refractivity contribution >= 4 is 23.2 Å². The fraction of sp³-hybridized carbons (Fsp3) is 0.647. The Kier molecular flexibility index (Phi) is 7.31. The number of hydrogen-bond acceptors (Lipinski definition) is 2. The minimum Gasteiger partial charge on any atom is -0.378 e. The van der Waals surface area contributed by atoms with Gasteiger partial charge in [0.25, 0.3) is 0 Å². The molecule has 1 fully saturated rings. The van der Waals surface area contributed by atoms with Crippen LogP contribution in [0.25, 0.3) is 0 Å². The summed E-state index contributed by atoms with van der Waals surface area (Å²) in [7, 11) is 0. The van der Waals surface area contributed by atoms with E-state index in [1.165, 1.54) is 19.3 Å². The Hall–Kier alpha value is -0.280. The van der Waals surface area contributed by atoms with Crippen molar-refractivity contribution in [3.05, 3.63) is 33.8 Å². The van der Waals surface area contributed by atoms with Crippen molar-refractivity contribution in [1.29, 1.82) is 0 Å². The number of hydrogen-bond donors (Lipinski definition) is 1. The van der Waals surface area contributed by atoms with Gasteiger partial charge in [-0.15, -0.1) is 0 Å². The largest absolute Gasteiger partial charge is 0.378 e. The molecular weight excluding hydrogens is 305 g/mol. The van der Waals surface area contributed by atoms with Crippen molar-refractivity contribution in [2.75, 3.05) is 13.2 Å². The maximum atomic E-state index is 6.36. The monoisotopic (exact) mass is 329 g/mol. The fourth-order valence-electron chi connectivity index (χ4n) is 2.86. The second-order valence-electron chi connectivity index (χ2n) is 5.74. The Morgan fingerprint density at radius 1 is 1.33 bits per heavy atom. The molecule has 1 heterocycles. The topological polar surface area (TPSA) is 21.3 Å². The summed E-state index contributed by atoms with van der Waals surface area (Å²) in [5.74, 6) is 0. The molecule has 21 heavy (non-hydrogen) atoms. The second kappa shape index (κ2) is 8.99. The highest BCUT2D eigenvalue weighted by molar-refractivity contribution is 6.33. The van der Waals surface area contributed by atoms with Crippen LogP contribution in [0, 0.1) is 0 Å². The SMILES string of the molecule is CCCNC(CCC1CCCCO1)c1cc(Cl)ccc1Cl. The van der Waals surface area contributed by atoms with E-state index in [9.17, 15) is 0 Å². The molecule has 1 aliphatic rings. The predicted octanol–water partition coefficient (Wildman–Crippen LogP) is 5.38. The van der Waals surface area contributed by atoms with Crippen LogP contribution in [-0.2, 0) is 4.74 Å². The molecule has 0 aromatic heterocycles. The lowest BCUT2D eigenvalue weighted by molar-refractivity contribution is 0.00854. The molecule has 1 saturated heterocycles. The van der Waals surface area contributed by atoms with Crippen LogP contribution in [0.2, 0.25) is 10.0 Å². The first kappa shape index (κ1) is 17.1. The Morgan fingerprint density at radius 2 is 2.19 bits per heavy atom. The van der Waals surface area contributed by atoms with Crippen LogP contribution in [0.15, 0.2) is 18.2 Å². The van der Waals surface area contributed by atoms with Gasteiger partial charge in [-0.1, -0.05) is 30.1 Å². The molecule has 118 valence electrons. The standard InChI is InChI=1S/C17H25Cl2NO/c1-2-10-20-17(9-7-14-5-3-4-11-21-14)15-12-13(18)6-8-16(15)19/h6,8,12,14,17,20H,2-5,7,9-11H2,1H3. The van der Waals surface area contributed by atoms with E-state index in [4.69, 9.17) is 27.9 Å². The van der Waals surface area contributed by atoms with Gasteiger partial charge in [-0.3, -0.25) is 0 Å². The van der Waals surface area contributed by atoms with Gasteiger partial charge in [-0.2, -0.15) is 0 Å². The molecule has 1 N–H and O–H groups in total. The molecule has 2 nitrogen and oxygen atoms in total. The summed E-state index contributed by atoms with van der Waals surface area (Å²) in [5, 5.41) is 5.13. The van der Waals surface area contributed by atoms with Crippen molar-refractivity contribution in [3.63, 3.8) is 0 Å². The molecule has 0 bridgehead atoms. The highest BCUT2D eigenvalue weighted by atomic mass is 35.5. The van der Waals surface area contributed by atoms with Crippen molar-refractivity contribution in [2.45, 2.75) is 57.6 Å². The highest BCUT2D eigenvalue weighted by Gasteiger charge is 2.19. The zero-order chi connectivity index (χ0) is 15.1. The number of benzene rings is 1. The summed E-state index contributed by atoms with van der Waals surface area (Å²) in [4.78, 5) is 0. The molecule has 0 radical (unpaired) electrons. The van der Waals surface area contributed by atoms with Gasteiger partial charge in [0.1, 0.15) is 0 Å². The lowest BCUT2D eigenvalue weighted by Crippen LogP contribution is -2.26. The van der Waals surface area contributed by atoms with Crippen molar-refractivity contribution in [1.82, 2.24) is 5.32 Å². The average molecular weight is 330 g/mol. The van der Waals surface area contributed by atoms with Gasteiger partial charge in [-0.05, 0) is 68.8 Å². The van der Waals surface area contributed by atoms with Crippen LogP contribution in [0.1, 0.15) is 57.1 Å². The van der Waals surface area contributed by atoms with Gasteiger partial charge in [0.2, 0.25) is 0 Å². The first-order valence-corrected chi connectivity index (χ1v) is 8.76. The lowest BCUT2D eigenvalue weighted by Gasteiger charge is -2.26. The van der Waals surface area contributed by atoms with Crippen LogP contribution < -0.4 is 5.32 Å². The molecule has 1 aromatic carbocycles. The Balaban J connectivity index is 2.00. The van der Waals surface area contributed by atoms with Gasteiger partial charge in [0.15, 0.2) is 0 Å². The van der Waals surface area contributed by atoms with E-state index < -0.39 is 0 Å². The van der Waals surface area contributed by atoms with Gasteiger partial charge in [0, 0.05) is 22.7 Å². The van der Waals surface area contributed by atoms with E-state index in [0.717, 1.165) is 48.0 Å². The van der Waals surface area contributed by atoms with Gasteiger partial charge >= 0.3 is 0 Å². The molecule has 2 rings (SSSR count). The van der Waals surface area contributed by atoms with E-state index in [2.05, 4.69) is 12.2 Å². The van der Waals surface area contributed by atoms with Crippen molar-refractivity contribution in [2.24, 2.45) is 0 Å². The van der Waals surface area contributed by atoms with E-state index in [1.54, 1.807) is 0 Å². The third-order valence-corrected chi connectivity index (χ3v) is 4.60. The van der Waals surface area contributed by atoms with Crippen LogP contribution in [0.3, 0.4) is 0 Å². The maximum absolute atomic E-state index is 6.36. The van der Waals surface area contributed by atoms with E-state index in [1.807, 2.05) is 18.2 Å². The predicted molar refractivity (Wildman–Crippen MR) is 90.3 cm³/mol. The molecule has 4 heteroatoms. The zero-order valence-electron chi connectivity index (χ0n) is 12.7. The maximum Gasteiger partial charge on any atom is 0.0575 e. The second-order valence-corrected chi connectivity index (χ2v) is 6.58. The summed E-state index contributed by atoms with van der Waals surface area (Å²) in [6, 6.07) is 5.96. The first-order valence-electron chi connectivity index (χ1n) is 8.00. The number of ether oxygens (including phenoxy) is 1. The molecular formula is C17H25Cl2NO. The molecule has 0 amide bonds. The third-order valence-electron chi connectivity index (χ3n) is 4.03. The van der Waals surface area contributed by atoms with E-state index in [-0.39, 0.29) is 6.04 Å². The van der Waals surface area contributed by atoms with Crippen LogP contribution in [0.5, 0.6) is 0 Å². The fourth-order valence-corrected chi connectivity index (χ4v) is 3.29. The Morgan fingerprint density at radius 3 is 2.90 bits per heavy atom. The van der Waals surface area contributed by atoms with Crippen LogP contribution >= 0.6 is 23.2 Å². The van der Waals surface area contributed by atoms with Crippen molar-refractivity contribution in [3.8, 4) is 0 Å². The van der Waals surface area contributed by atoms with Gasteiger partial charge in [-0.25, -0.2) is 0 Å². The Bertz CT molecular complexity index is 433. The Labute approximate surface area is 138 Å². The average Bonchev–Trinajstić information content (AvgIpc) is 2.51. The minimum atomic E-state index is 0.252. The van der Waals surface area contributed by atoms with Gasteiger partial charge < -0.3 is 10.1 Å². The van der Waals surface area contributed by atoms with E-state index in [0.29, 0.717) is 6.10 Å². The summed E-state index contributed by atoms with van der Waals surface area (Å²) in [5.41, 5.74) is 1.11. The summed E-state index contributed by atoms with van der Waals surface area (Å²) in [6.07, 6.45) is 7.29. The molecule has 0 spiro atoms. The smallest absolute Gasteiger partial charge is 0.0575 e. The van der Waals surface area contributed by atoms with Crippen LogP contribution in [-0.4, -0.2) is 19.3 Å². The lowest BCUT2D eigenvalue weighted by atomic mass is 9.97. The number of nitrogens with one attached hydrogen (secondary N) is 1. The normalized spacial score (nSPS) is 20.4. The van der Waals surface area contributed by atoms with Crippen LogP contribution in [0.4, 0.5) is 0 Å². The quantitative estimate of drug-likeness (QED) is 0.724. The summed E-state index contributed by atoms with van der Waals surface area (Å²) < 4.78 is 5.84. The summed E-state index contributed by atoms with van der Waals surface area (Å²) >= 11 is 12.5. The van der Waals surface area contributed by atoms with E-state index >= 15 is 0 Å². The molecule has 1 aromatic rings. The highest BCUT2D eigenvalue weighted by Crippen LogP contribution is 2.30. The molecule has 2 unspecified atom stereocenters. The summed E-state index contributed by atoms with van der Waals surface area (Å²) in [6.45, 7) is 4.07. The first-order chi connectivity index (χ1) is 10.2. The zero-order valence-corrected chi connectivity index (χ0v) is 14.2. The van der Waals surface area contributed by atoms with Crippen molar-refractivity contribution < 1.29 is 4.74 Å². The molecule has 0 aliphatic carbocycles. The number of rotatable bonds is 7. The number of halogens is 2.